The van der Waals surface area contributed by atoms with Crippen molar-refractivity contribution >= 4 is 47.7 Å². The first kappa shape index (κ1) is 49.5. The fourth-order valence-electron chi connectivity index (χ4n) is 8.87. The van der Waals surface area contributed by atoms with Gasteiger partial charge in [0.05, 0.1) is 25.4 Å². The molecule has 6 rings (SSSR count). The third-order valence-electron chi connectivity index (χ3n) is 12.4. The molecule has 5 N–H and O–H groups in total. The van der Waals surface area contributed by atoms with Gasteiger partial charge >= 0.3 is 7.82 Å². The number of methoxy groups -OCH3 is 2. The van der Waals surface area contributed by atoms with Crippen LogP contribution in [0.4, 0.5) is 16.0 Å². The summed E-state index contributed by atoms with van der Waals surface area (Å²) in [6.45, 7) is 2.47. The number of halogens is 1. The van der Waals surface area contributed by atoms with Crippen molar-refractivity contribution in [2.45, 2.75) is 153 Å². The molecule has 4 aromatic heterocycles. The first-order valence-corrected chi connectivity index (χ1v) is 24.2. The standard InChI is InChI=1S/C42H67FN11O9P/c1-5-6-7-8-9-10-11-12-13-14-15-16-17-18-19-20-52(31(55)21-28-30(23-58-2)62-41(32(28)43)53-26-50-33-37(44)46-24-48-39(33)53)22-29-35(63-64(56,57)60-4)36(59-3)42(61-29)54-27-51-34-38(45)47-25-49-40(34)54/h24-30,32,35-36,41-42H,5-23H2,1-4H3,(H,56,57)(H2,44,46,48)(H2,45,47,49)/t28-,29-,30-,32-,35-,36-,41-,42-/m1/s1. The maximum absolute atomic E-state index is 16.8. The highest BCUT2D eigenvalue weighted by atomic mass is 31.2. The molecule has 64 heavy (non-hydrogen) atoms. The molecule has 1 amide bonds. The van der Waals surface area contributed by atoms with Crippen molar-refractivity contribution in [1.29, 1.82) is 0 Å². The second-order valence-corrected chi connectivity index (χ2v) is 18.3. The van der Waals surface area contributed by atoms with E-state index in [9.17, 15) is 14.3 Å². The highest BCUT2D eigenvalue weighted by molar-refractivity contribution is 7.47. The van der Waals surface area contributed by atoms with E-state index in [1.54, 1.807) is 9.47 Å². The summed E-state index contributed by atoms with van der Waals surface area (Å²) in [6, 6.07) is 0. The van der Waals surface area contributed by atoms with E-state index in [2.05, 4.69) is 36.8 Å². The summed E-state index contributed by atoms with van der Waals surface area (Å²) in [5.41, 5.74) is 13.3. The van der Waals surface area contributed by atoms with Crippen molar-refractivity contribution in [3.05, 3.63) is 25.3 Å². The zero-order valence-electron chi connectivity index (χ0n) is 37.6. The predicted molar refractivity (Wildman–Crippen MR) is 236 cm³/mol. The fourth-order valence-corrected chi connectivity index (χ4v) is 9.52. The summed E-state index contributed by atoms with van der Waals surface area (Å²) in [6.07, 6.45) is 15.0. The summed E-state index contributed by atoms with van der Waals surface area (Å²) in [7, 11) is -0.685. The number of anilines is 2. The molecule has 0 radical (unpaired) electrons. The van der Waals surface area contributed by atoms with Crippen LogP contribution in [0, 0.1) is 5.92 Å². The van der Waals surface area contributed by atoms with Gasteiger partial charge in [0, 0.05) is 46.8 Å². The highest BCUT2D eigenvalue weighted by Crippen LogP contribution is 2.49. The van der Waals surface area contributed by atoms with E-state index in [-0.39, 0.29) is 37.1 Å². The molecule has 2 saturated heterocycles. The number of hydrogen-bond donors (Lipinski definition) is 3. The van der Waals surface area contributed by atoms with Crippen LogP contribution in [0.5, 0.6) is 0 Å². The number of ether oxygens (including phenoxy) is 4. The smallest absolute Gasteiger partial charge is 0.382 e. The fraction of sp³-hybridized carbons (Fsp3) is 0.738. The number of amides is 1. The minimum Gasteiger partial charge on any atom is -0.382 e. The van der Waals surface area contributed by atoms with E-state index in [0.717, 1.165) is 32.8 Å². The summed E-state index contributed by atoms with van der Waals surface area (Å²) in [5, 5.41) is 0. The molecule has 0 bridgehead atoms. The lowest BCUT2D eigenvalue weighted by Gasteiger charge is -2.30. The number of phosphoric ester groups is 1. The summed E-state index contributed by atoms with van der Waals surface area (Å²) >= 11 is 0. The molecule has 2 fully saturated rings. The molecule has 2 aliphatic rings. The SMILES string of the molecule is CCCCCCCCCCCCCCCCCN(C[C@H]1O[C@@H](n2cnc3c(N)ncnc32)[C@H](OC)[C@@H]1OP(=O)(O)OC)C(=O)C[C@H]1[C@@H](F)[C@H](n2cnc3c(N)ncnc32)O[C@@H]1COC. The number of nitrogens with two attached hydrogens (primary N) is 2. The predicted octanol–water partition coefficient (Wildman–Crippen LogP) is 6.46. The normalized spacial score (nSPS) is 24.5. The first-order chi connectivity index (χ1) is 31.0. The van der Waals surface area contributed by atoms with Crippen molar-refractivity contribution < 1.29 is 46.6 Å². The molecule has 0 aliphatic carbocycles. The van der Waals surface area contributed by atoms with Gasteiger partial charge in [0.2, 0.25) is 5.91 Å². The minimum atomic E-state index is -4.63. The zero-order chi connectivity index (χ0) is 45.6. The molecule has 20 nitrogen and oxygen atoms in total. The Morgan fingerprint density at radius 2 is 1.28 bits per heavy atom. The van der Waals surface area contributed by atoms with Gasteiger partial charge in [0.1, 0.15) is 42.0 Å². The third-order valence-corrected chi connectivity index (χ3v) is 13.3. The Morgan fingerprint density at radius 3 is 1.80 bits per heavy atom. The maximum Gasteiger partial charge on any atom is 0.472 e. The highest BCUT2D eigenvalue weighted by Gasteiger charge is 2.52. The number of nitrogens with zero attached hydrogens (tertiary/aromatic N) is 9. The number of nitrogen functional groups attached to an aromatic ring is 2. The van der Waals surface area contributed by atoms with Crippen LogP contribution in [-0.2, 0) is 37.4 Å². The number of fused-ring (bicyclic) bond motifs is 2. The van der Waals surface area contributed by atoms with Gasteiger partial charge in [-0.3, -0.25) is 23.0 Å². The Hall–Kier alpha value is -3.95. The molecule has 2 aliphatic heterocycles. The number of carbonyl (C=O) groups excluding carboxylic acids is 1. The molecule has 0 saturated carbocycles. The number of carbonyl (C=O) groups is 1. The largest absolute Gasteiger partial charge is 0.472 e. The Morgan fingerprint density at radius 1 is 0.766 bits per heavy atom. The zero-order valence-corrected chi connectivity index (χ0v) is 38.5. The van der Waals surface area contributed by atoms with Crippen LogP contribution in [0.25, 0.3) is 22.3 Å². The molecule has 0 spiro atoms. The van der Waals surface area contributed by atoms with E-state index in [0.29, 0.717) is 35.3 Å². The number of phosphoric acid groups is 1. The van der Waals surface area contributed by atoms with Crippen molar-refractivity contribution in [3.8, 4) is 0 Å². The van der Waals surface area contributed by atoms with Crippen molar-refractivity contribution in [3.63, 3.8) is 0 Å². The van der Waals surface area contributed by atoms with E-state index in [4.69, 9.17) is 39.5 Å². The molecule has 9 atom stereocenters. The van der Waals surface area contributed by atoms with E-state index in [1.807, 2.05) is 0 Å². The van der Waals surface area contributed by atoms with Gasteiger partial charge in [-0.2, -0.15) is 0 Å². The second kappa shape index (κ2) is 24.0. The van der Waals surface area contributed by atoms with E-state index < -0.39 is 56.8 Å². The molecule has 22 heteroatoms. The van der Waals surface area contributed by atoms with Crippen LogP contribution in [-0.4, -0.2) is 126 Å². The monoisotopic (exact) mass is 919 g/mol. The first-order valence-electron chi connectivity index (χ1n) is 22.7. The van der Waals surface area contributed by atoms with Gasteiger partial charge in [0.25, 0.3) is 0 Å². The summed E-state index contributed by atoms with van der Waals surface area (Å²) < 4.78 is 67.5. The Labute approximate surface area is 373 Å². The molecule has 356 valence electrons. The number of imidazole rings is 2. The Kier molecular flexibility index (Phi) is 18.6. The van der Waals surface area contributed by atoms with Gasteiger partial charge in [-0.25, -0.2) is 38.9 Å². The topological polar surface area (TPSA) is 252 Å². The van der Waals surface area contributed by atoms with Gasteiger partial charge in [-0.15, -0.1) is 0 Å². The molecule has 4 aromatic rings. The van der Waals surface area contributed by atoms with E-state index >= 15 is 4.39 Å². The van der Waals surface area contributed by atoms with Crippen LogP contribution in [0.1, 0.15) is 122 Å². The maximum atomic E-state index is 16.8. The van der Waals surface area contributed by atoms with Crippen LogP contribution in [0.2, 0.25) is 0 Å². The number of unbranched alkanes of at least 4 members (excludes halogenated alkanes) is 14. The third kappa shape index (κ3) is 12.3. The van der Waals surface area contributed by atoms with Gasteiger partial charge in [-0.1, -0.05) is 96.8 Å². The average molecular weight is 920 g/mol. The Bertz CT molecular complexity index is 2120. The molecule has 1 unspecified atom stereocenters. The number of alkyl halides is 1. The average Bonchev–Trinajstić information content (AvgIpc) is 4.06. The number of rotatable bonds is 28. The lowest BCUT2D eigenvalue weighted by atomic mass is 9.94. The second-order valence-electron chi connectivity index (χ2n) is 16.8. The van der Waals surface area contributed by atoms with Gasteiger partial charge < -0.3 is 40.2 Å². The molecule has 6 heterocycles. The molecular formula is C42H67FN11O9P. The van der Waals surface area contributed by atoms with Crippen LogP contribution in [0.15, 0.2) is 25.3 Å². The summed E-state index contributed by atoms with van der Waals surface area (Å²) in [5.74, 6) is -1.02. The van der Waals surface area contributed by atoms with Gasteiger partial charge in [0.15, 0.2) is 41.6 Å². The quantitative estimate of drug-likeness (QED) is 0.0408. The van der Waals surface area contributed by atoms with Crippen LogP contribution in [0.3, 0.4) is 0 Å². The minimum absolute atomic E-state index is 0.0201. The van der Waals surface area contributed by atoms with Crippen molar-refractivity contribution in [1.82, 2.24) is 43.9 Å². The molecular weight excluding hydrogens is 853 g/mol. The lowest BCUT2D eigenvalue weighted by molar-refractivity contribution is -0.136. The lowest BCUT2D eigenvalue weighted by Crippen LogP contribution is -2.45. The van der Waals surface area contributed by atoms with Gasteiger partial charge in [-0.05, 0) is 6.42 Å². The van der Waals surface area contributed by atoms with E-state index in [1.165, 1.54) is 108 Å². The molecule has 0 aromatic carbocycles. The Balaban J connectivity index is 1.16. The number of aromatic nitrogens is 8. The van der Waals surface area contributed by atoms with Crippen LogP contribution >= 0.6 is 7.82 Å². The van der Waals surface area contributed by atoms with Crippen LogP contribution < -0.4 is 11.5 Å². The van der Waals surface area contributed by atoms with Crippen molar-refractivity contribution in [2.75, 3.05) is 52.5 Å². The number of hydrogen-bond acceptors (Lipinski definition) is 16. The van der Waals surface area contributed by atoms with Crippen molar-refractivity contribution in [2.24, 2.45) is 5.92 Å². The summed E-state index contributed by atoms with van der Waals surface area (Å²) in [4.78, 5) is 52.1.